The fourth-order valence-electron chi connectivity index (χ4n) is 1.93. The number of aliphatic hydroxyl groups is 1. The lowest BCUT2D eigenvalue weighted by molar-refractivity contribution is 0.211. The molecule has 0 aliphatic carbocycles. The molecule has 106 valence electrons. The number of rotatable bonds is 4. The van der Waals surface area contributed by atoms with Crippen molar-refractivity contribution < 1.29 is 9.84 Å². The highest BCUT2D eigenvalue weighted by Crippen LogP contribution is 2.34. The van der Waals surface area contributed by atoms with E-state index in [1.165, 1.54) is 0 Å². The molecule has 0 aliphatic heterocycles. The molecule has 2 rings (SSSR count). The van der Waals surface area contributed by atoms with Gasteiger partial charge in [-0.05, 0) is 48.9 Å². The van der Waals surface area contributed by atoms with Crippen molar-refractivity contribution in [3.05, 3.63) is 60.9 Å². The van der Waals surface area contributed by atoms with E-state index in [4.69, 9.17) is 4.74 Å². The van der Waals surface area contributed by atoms with Crippen LogP contribution in [0.15, 0.2) is 49.8 Å². The lowest BCUT2D eigenvalue weighted by Gasteiger charge is -2.17. The predicted molar refractivity (Wildman–Crippen MR) is 91.2 cm³/mol. The summed E-state index contributed by atoms with van der Waals surface area (Å²) < 4.78 is 8.32. The van der Waals surface area contributed by atoms with Crippen molar-refractivity contribution >= 4 is 47.8 Å². The quantitative estimate of drug-likeness (QED) is 0.651. The van der Waals surface area contributed by atoms with E-state index in [0.717, 1.165) is 24.5 Å². The minimum Gasteiger partial charge on any atom is -0.493 e. The van der Waals surface area contributed by atoms with E-state index in [9.17, 15) is 5.11 Å². The second-order valence-corrected chi connectivity index (χ2v) is 6.97. The molecule has 0 aromatic heterocycles. The fraction of sp³-hybridized carbons (Fsp3) is 0.200. The molecule has 1 atom stereocenters. The minimum atomic E-state index is -0.747. The summed E-state index contributed by atoms with van der Waals surface area (Å²) in [6.07, 6.45) is -0.747. The number of benzene rings is 2. The van der Waals surface area contributed by atoms with Crippen LogP contribution in [-0.4, -0.2) is 11.7 Å². The highest BCUT2D eigenvalue weighted by atomic mass is 79.9. The van der Waals surface area contributed by atoms with Gasteiger partial charge in [-0.3, -0.25) is 0 Å². The highest BCUT2D eigenvalue weighted by Gasteiger charge is 2.17. The maximum absolute atomic E-state index is 10.6. The Morgan fingerprint density at radius 3 is 2.25 bits per heavy atom. The van der Waals surface area contributed by atoms with E-state index in [2.05, 4.69) is 47.8 Å². The molecule has 0 amide bonds. The molecule has 0 saturated carbocycles. The maximum Gasteiger partial charge on any atom is 0.125 e. The molecular formula is C15H13Br3O2. The van der Waals surface area contributed by atoms with Crippen molar-refractivity contribution in [1.29, 1.82) is 0 Å². The number of ether oxygens (including phenoxy) is 1. The molecule has 0 saturated heterocycles. The maximum atomic E-state index is 10.6. The second-order valence-electron chi connectivity index (χ2n) is 4.22. The average Bonchev–Trinajstić information content (AvgIpc) is 2.39. The topological polar surface area (TPSA) is 29.5 Å². The van der Waals surface area contributed by atoms with Crippen LogP contribution in [0.4, 0.5) is 0 Å². The van der Waals surface area contributed by atoms with Crippen LogP contribution in [0.5, 0.6) is 5.75 Å². The average molecular weight is 465 g/mol. The van der Waals surface area contributed by atoms with Crippen LogP contribution >= 0.6 is 47.8 Å². The normalized spacial score (nSPS) is 12.2. The smallest absolute Gasteiger partial charge is 0.125 e. The SMILES string of the molecule is CCOc1ccc(Br)cc1C(O)c1cc(Br)cc(Br)c1. The van der Waals surface area contributed by atoms with Crippen LogP contribution in [0.2, 0.25) is 0 Å². The Bertz CT molecular complexity index is 594. The first kappa shape index (κ1) is 16.0. The number of hydrogen-bond acceptors (Lipinski definition) is 2. The van der Waals surface area contributed by atoms with Gasteiger partial charge in [0.1, 0.15) is 11.9 Å². The summed E-state index contributed by atoms with van der Waals surface area (Å²) in [5.74, 6) is 0.694. The predicted octanol–water partition coefficient (Wildman–Crippen LogP) is 5.45. The zero-order chi connectivity index (χ0) is 14.7. The zero-order valence-corrected chi connectivity index (χ0v) is 15.5. The zero-order valence-electron chi connectivity index (χ0n) is 10.7. The number of hydrogen-bond donors (Lipinski definition) is 1. The molecule has 2 nitrogen and oxygen atoms in total. The Morgan fingerprint density at radius 2 is 1.65 bits per heavy atom. The lowest BCUT2D eigenvalue weighted by atomic mass is 10.0. The van der Waals surface area contributed by atoms with Crippen molar-refractivity contribution in [2.75, 3.05) is 6.61 Å². The molecule has 1 unspecified atom stereocenters. The first-order valence-electron chi connectivity index (χ1n) is 6.07. The molecular weight excluding hydrogens is 452 g/mol. The van der Waals surface area contributed by atoms with Crippen LogP contribution in [0.3, 0.4) is 0 Å². The summed E-state index contributed by atoms with van der Waals surface area (Å²) in [5, 5.41) is 10.6. The van der Waals surface area contributed by atoms with E-state index in [-0.39, 0.29) is 0 Å². The molecule has 20 heavy (non-hydrogen) atoms. The van der Waals surface area contributed by atoms with E-state index in [1.54, 1.807) is 0 Å². The third-order valence-electron chi connectivity index (χ3n) is 2.77. The fourth-order valence-corrected chi connectivity index (χ4v) is 3.64. The molecule has 0 spiro atoms. The number of halogens is 3. The monoisotopic (exact) mass is 462 g/mol. The molecule has 5 heteroatoms. The van der Waals surface area contributed by atoms with Gasteiger partial charge >= 0.3 is 0 Å². The summed E-state index contributed by atoms with van der Waals surface area (Å²) in [5.41, 5.74) is 1.54. The van der Waals surface area contributed by atoms with Gasteiger partial charge in [0.15, 0.2) is 0 Å². The summed E-state index contributed by atoms with van der Waals surface area (Å²) in [7, 11) is 0. The van der Waals surface area contributed by atoms with Crippen LogP contribution < -0.4 is 4.74 Å². The minimum absolute atomic E-state index is 0.559. The first-order valence-corrected chi connectivity index (χ1v) is 8.45. The Hall–Kier alpha value is -0.360. The van der Waals surface area contributed by atoms with E-state index in [1.807, 2.05) is 43.3 Å². The van der Waals surface area contributed by atoms with Crippen molar-refractivity contribution in [3.8, 4) is 5.75 Å². The molecule has 2 aromatic carbocycles. The van der Waals surface area contributed by atoms with Gasteiger partial charge in [0.25, 0.3) is 0 Å². The largest absolute Gasteiger partial charge is 0.493 e. The molecule has 0 bridgehead atoms. The van der Waals surface area contributed by atoms with Crippen molar-refractivity contribution in [2.24, 2.45) is 0 Å². The van der Waals surface area contributed by atoms with Gasteiger partial charge in [0, 0.05) is 19.0 Å². The molecule has 2 aromatic rings. The summed E-state index contributed by atoms with van der Waals surface area (Å²) in [4.78, 5) is 0. The van der Waals surface area contributed by atoms with E-state index >= 15 is 0 Å². The molecule has 0 fully saturated rings. The van der Waals surface area contributed by atoms with Gasteiger partial charge in [-0.1, -0.05) is 47.8 Å². The molecule has 0 radical (unpaired) electrons. The second kappa shape index (κ2) is 7.07. The Morgan fingerprint density at radius 1 is 1.00 bits per heavy atom. The summed E-state index contributed by atoms with van der Waals surface area (Å²) in [6, 6.07) is 11.4. The van der Waals surface area contributed by atoms with Gasteiger partial charge in [-0.25, -0.2) is 0 Å². The molecule has 0 aliphatic rings. The van der Waals surface area contributed by atoms with Crippen molar-refractivity contribution in [3.63, 3.8) is 0 Å². The van der Waals surface area contributed by atoms with Gasteiger partial charge in [-0.15, -0.1) is 0 Å². The third kappa shape index (κ3) is 3.85. The summed E-state index contributed by atoms with van der Waals surface area (Å²) in [6.45, 7) is 2.48. The van der Waals surface area contributed by atoms with Gasteiger partial charge < -0.3 is 9.84 Å². The standard InChI is InChI=1S/C15H13Br3O2/c1-2-20-14-4-3-10(16)8-13(14)15(19)9-5-11(17)7-12(18)6-9/h3-8,15,19H,2H2,1H3. The van der Waals surface area contributed by atoms with Crippen LogP contribution in [0, 0.1) is 0 Å². The Balaban J connectivity index is 2.46. The Kier molecular flexibility index (Phi) is 5.66. The third-order valence-corrected chi connectivity index (χ3v) is 4.18. The number of aliphatic hydroxyl groups excluding tert-OH is 1. The van der Waals surface area contributed by atoms with Crippen molar-refractivity contribution in [1.82, 2.24) is 0 Å². The molecule has 1 N–H and O–H groups in total. The summed E-state index contributed by atoms with van der Waals surface area (Å²) >= 11 is 10.3. The van der Waals surface area contributed by atoms with Gasteiger partial charge in [0.05, 0.1) is 6.61 Å². The van der Waals surface area contributed by atoms with Crippen LogP contribution in [0.1, 0.15) is 24.2 Å². The van der Waals surface area contributed by atoms with Crippen molar-refractivity contribution in [2.45, 2.75) is 13.0 Å². The van der Waals surface area contributed by atoms with Crippen LogP contribution in [-0.2, 0) is 0 Å². The first-order chi connectivity index (χ1) is 9.51. The molecule has 0 heterocycles. The van der Waals surface area contributed by atoms with Gasteiger partial charge in [-0.2, -0.15) is 0 Å². The van der Waals surface area contributed by atoms with E-state index in [0.29, 0.717) is 12.4 Å². The highest BCUT2D eigenvalue weighted by molar-refractivity contribution is 9.11. The lowest BCUT2D eigenvalue weighted by Crippen LogP contribution is -2.04. The Labute approximate surface area is 143 Å². The van der Waals surface area contributed by atoms with Crippen LogP contribution in [0.25, 0.3) is 0 Å². The van der Waals surface area contributed by atoms with Gasteiger partial charge in [0.2, 0.25) is 0 Å². The van der Waals surface area contributed by atoms with E-state index < -0.39 is 6.10 Å².